The van der Waals surface area contributed by atoms with Crippen LogP contribution < -0.4 is 5.32 Å². The number of alkyl carbamates (subject to hydrolysis) is 1. The van der Waals surface area contributed by atoms with Crippen molar-refractivity contribution in [2.24, 2.45) is 5.92 Å². The summed E-state index contributed by atoms with van der Waals surface area (Å²) in [6, 6.07) is 0. The summed E-state index contributed by atoms with van der Waals surface area (Å²) >= 11 is 0. The lowest BCUT2D eigenvalue weighted by molar-refractivity contribution is -0.133. The first-order valence-corrected chi connectivity index (χ1v) is 6.91. The second-order valence-corrected chi connectivity index (χ2v) is 5.70. The molecule has 0 heterocycles. The zero-order chi connectivity index (χ0) is 15.1. The fraction of sp³-hybridized carbons (Fsp3) is 0.857. The Labute approximate surface area is 116 Å². The van der Waals surface area contributed by atoms with E-state index >= 15 is 0 Å². The first kappa shape index (κ1) is 17.7. The summed E-state index contributed by atoms with van der Waals surface area (Å²) in [5.41, 5.74) is -0.436. The van der Waals surface area contributed by atoms with Crippen LogP contribution in [-0.4, -0.2) is 42.6 Å². The fourth-order valence-corrected chi connectivity index (χ4v) is 1.42. The monoisotopic (exact) mass is 272 g/mol. The first-order chi connectivity index (χ1) is 8.69. The molecule has 0 aromatic heterocycles. The lowest BCUT2D eigenvalue weighted by atomic mass is 10.1. The van der Waals surface area contributed by atoms with Crippen LogP contribution in [0, 0.1) is 5.92 Å². The predicted molar refractivity (Wildman–Crippen MR) is 75.9 cm³/mol. The largest absolute Gasteiger partial charge is 0.444 e. The van der Waals surface area contributed by atoms with E-state index in [1.54, 1.807) is 11.9 Å². The zero-order valence-electron chi connectivity index (χ0n) is 13.1. The Kier molecular flexibility index (Phi) is 7.49. The van der Waals surface area contributed by atoms with Crippen LogP contribution >= 0.6 is 0 Å². The molecule has 112 valence electrons. The summed E-state index contributed by atoms with van der Waals surface area (Å²) in [4.78, 5) is 24.8. The van der Waals surface area contributed by atoms with Gasteiger partial charge in [0, 0.05) is 26.1 Å². The van der Waals surface area contributed by atoms with E-state index < -0.39 is 11.7 Å². The molecule has 5 heteroatoms. The van der Waals surface area contributed by atoms with Crippen molar-refractivity contribution in [3.05, 3.63) is 0 Å². The highest BCUT2D eigenvalue weighted by atomic mass is 16.6. The molecule has 0 saturated carbocycles. The van der Waals surface area contributed by atoms with Gasteiger partial charge in [0.2, 0.25) is 5.91 Å². The molecular weight excluding hydrogens is 244 g/mol. The number of hydrogen-bond donors (Lipinski definition) is 1. The molecule has 0 aromatic carbocycles. The maximum atomic E-state index is 11.6. The number of rotatable bonds is 7. The molecule has 0 atom stereocenters. The van der Waals surface area contributed by atoms with Crippen molar-refractivity contribution in [2.45, 2.75) is 53.1 Å². The zero-order valence-corrected chi connectivity index (χ0v) is 13.1. The fourth-order valence-electron chi connectivity index (χ4n) is 1.42. The van der Waals surface area contributed by atoms with Gasteiger partial charge < -0.3 is 15.0 Å². The van der Waals surface area contributed by atoms with Gasteiger partial charge in [0.15, 0.2) is 0 Å². The second-order valence-electron chi connectivity index (χ2n) is 5.70. The quantitative estimate of drug-likeness (QED) is 0.724. The highest BCUT2D eigenvalue weighted by Gasteiger charge is 2.20. The van der Waals surface area contributed by atoms with Crippen molar-refractivity contribution < 1.29 is 14.3 Å². The first-order valence-electron chi connectivity index (χ1n) is 6.91. The number of hydrogen-bond acceptors (Lipinski definition) is 3. The number of carbonyl (C=O) groups is 2. The van der Waals surface area contributed by atoms with Crippen molar-refractivity contribution in [3.8, 4) is 0 Å². The standard InChI is InChI=1S/C14H28N2O3/c1-7-14(4,5)19-13(18)15-9-8-10-16(6)12(17)11(2)3/h11H,7-10H2,1-6H3,(H,15,18). The maximum absolute atomic E-state index is 11.6. The van der Waals surface area contributed by atoms with Crippen LogP contribution in [0.3, 0.4) is 0 Å². The van der Waals surface area contributed by atoms with E-state index in [0.717, 1.165) is 12.8 Å². The highest BCUT2D eigenvalue weighted by Crippen LogP contribution is 2.13. The van der Waals surface area contributed by atoms with Crippen LogP contribution in [-0.2, 0) is 9.53 Å². The molecule has 2 amide bonds. The molecule has 5 nitrogen and oxygen atoms in total. The third kappa shape index (κ3) is 7.70. The summed E-state index contributed by atoms with van der Waals surface area (Å²) in [6.07, 6.45) is 1.09. The van der Waals surface area contributed by atoms with Crippen LogP contribution in [0.25, 0.3) is 0 Å². The van der Waals surface area contributed by atoms with Crippen LogP contribution in [0.5, 0.6) is 0 Å². The van der Waals surface area contributed by atoms with Crippen LogP contribution in [0.2, 0.25) is 0 Å². The van der Waals surface area contributed by atoms with E-state index in [1.165, 1.54) is 0 Å². The summed E-state index contributed by atoms with van der Waals surface area (Å²) in [6.45, 7) is 10.6. The molecule has 0 spiro atoms. The minimum atomic E-state index is -0.436. The van der Waals surface area contributed by atoms with Gasteiger partial charge in [0.1, 0.15) is 5.60 Å². The molecule has 0 fully saturated rings. The average Bonchev–Trinajstić information content (AvgIpc) is 2.32. The smallest absolute Gasteiger partial charge is 0.407 e. The minimum absolute atomic E-state index is 0.00766. The van der Waals surface area contributed by atoms with Crippen molar-refractivity contribution >= 4 is 12.0 Å². The van der Waals surface area contributed by atoms with Crippen molar-refractivity contribution in [1.82, 2.24) is 10.2 Å². The second kappa shape index (κ2) is 8.02. The number of carbonyl (C=O) groups excluding carboxylic acids is 2. The van der Waals surface area contributed by atoms with E-state index in [2.05, 4.69) is 5.32 Å². The van der Waals surface area contributed by atoms with Gasteiger partial charge in [-0.25, -0.2) is 4.79 Å². The molecule has 0 aromatic rings. The Balaban J connectivity index is 3.81. The van der Waals surface area contributed by atoms with Gasteiger partial charge in [-0.1, -0.05) is 20.8 Å². The van der Waals surface area contributed by atoms with Gasteiger partial charge in [-0.15, -0.1) is 0 Å². The van der Waals surface area contributed by atoms with E-state index in [1.807, 2.05) is 34.6 Å². The van der Waals surface area contributed by atoms with Gasteiger partial charge in [0.25, 0.3) is 0 Å². The summed E-state index contributed by atoms with van der Waals surface area (Å²) in [5, 5.41) is 2.70. The molecule has 0 rings (SSSR count). The number of amides is 2. The van der Waals surface area contributed by atoms with Gasteiger partial charge in [0.05, 0.1) is 0 Å². The molecule has 0 radical (unpaired) electrons. The average molecular weight is 272 g/mol. The topological polar surface area (TPSA) is 58.6 Å². The van der Waals surface area contributed by atoms with Crippen molar-refractivity contribution in [1.29, 1.82) is 0 Å². The van der Waals surface area contributed by atoms with Gasteiger partial charge in [-0.2, -0.15) is 0 Å². The normalized spacial score (nSPS) is 11.3. The third-order valence-electron chi connectivity index (χ3n) is 3.03. The van der Waals surface area contributed by atoms with Crippen molar-refractivity contribution in [3.63, 3.8) is 0 Å². The molecule has 0 saturated heterocycles. The number of nitrogens with zero attached hydrogens (tertiary/aromatic N) is 1. The summed E-state index contributed by atoms with van der Waals surface area (Å²) in [7, 11) is 1.78. The Bertz CT molecular complexity index is 301. The van der Waals surface area contributed by atoms with Gasteiger partial charge >= 0.3 is 6.09 Å². The highest BCUT2D eigenvalue weighted by molar-refractivity contribution is 5.77. The SMILES string of the molecule is CCC(C)(C)OC(=O)NCCCN(C)C(=O)C(C)C. The maximum Gasteiger partial charge on any atom is 0.407 e. The van der Waals surface area contributed by atoms with E-state index in [-0.39, 0.29) is 11.8 Å². The predicted octanol–water partition coefficient (Wildman–Crippen LogP) is 2.41. The van der Waals surface area contributed by atoms with Crippen LogP contribution in [0.15, 0.2) is 0 Å². The number of ether oxygens (including phenoxy) is 1. The van der Waals surface area contributed by atoms with Crippen LogP contribution in [0.4, 0.5) is 4.79 Å². The molecule has 0 aliphatic carbocycles. The Morgan fingerprint density at radius 2 is 1.89 bits per heavy atom. The van der Waals surface area contributed by atoms with Crippen LogP contribution in [0.1, 0.15) is 47.5 Å². The van der Waals surface area contributed by atoms with Gasteiger partial charge in [-0.3, -0.25) is 4.79 Å². The number of nitrogens with one attached hydrogen (secondary N) is 1. The molecular formula is C14H28N2O3. The Morgan fingerprint density at radius 3 is 2.37 bits per heavy atom. The lowest BCUT2D eigenvalue weighted by Crippen LogP contribution is -2.36. The van der Waals surface area contributed by atoms with Crippen molar-refractivity contribution in [2.75, 3.05) is 20.1 Å². The Hall–Kier alpha value is -1.26. The molecule has 0 aliphatic heterocycles. The molecule has 19 heavy (non-hydrogen) atoms. The van der Waals surface area contributed by atoms with Gasteiger partial charge in [-0.05, 0) is 26.7 Å². The lowest BCUT2D eigenvalue weighted by Gasteiger charge is -2.23. The minimum Gasteiger partial charge on any atom is -0.444 e. The third-order valence-corrected chi connectivity index (χ3v) is 3.03. The summed E-state index contributed by atoms with van der Waals surface area (Å²) in [5.74, 6) is 0.128. The Morgan fingerprint density at radius 1 is 1.32 bits per heavy atom. The molecule has 0 bridgehead atoms. The van der Waals surface area contributed by atoms with E-state index in [4.69, 9.17) is 4.74 Å². The summed E-state index contributed by atoms with van der Waals surface area (Å²) < 4.78 is 5.25. The van der Waals surface area contributed by atoms with E-state index in [0.29, 0.717) is 13.1 Å². The molecule has 0 unspecified atom stereocenters. The molecule has 0 aliphatic rings. The molecule has 1 N–H and O–H groups in total. The van der Waals surface area contributed by atoms with E-state index in [9.17, 15) is 9.59 Å².